The maximum absolute atomic E-state index is 12.7. The van der Waals surface area contributed by atoms with Gasteiger partial charge in [-0.3, -0.25) is 9.59 Å². The quantitative estimate of drug-likeness (QED) is 0.576. The fourth-order valence-corrected chi connectivity index (χ4v) is 3.85. The summed E-state index contributed by atoms with van der Waals surface area (Å²) in [6.45, 7) is 5.72. The molecule has 0 radical (unpaired) electrons. The second-order valence-corrected chi connectivity index (χ2v) is 8.03. The Bertz CT molecular complexity index is 1050. The molecule has 2 saturated heterocycles. The number of hydrogen-bond donors (Lipinski definition) is 2. The Kier molecular flexibility index (Phi) is 5.75. The van der Waals surface area contributed by atoms with E-state index in [1.54, 1.807) is 18.2 Å². The Morgan fingerprint density at radius 1 is 1.06 bits per heavy atom. The summed E-state index contributed by atoms with van der Waals surface area (Å²) in [6.07, 6.45) is 4.08. The van der Waals surface area contributed by atoms with E-state index in [0.29, 0.717) is 5.69 Å². The molecule has 0 aromatic heterocycles. The molecular weight excluding hydrogens is 392 g/mol. The van der Waals surface area contributed by atoms with Crippen LogP contribution in [0.3, 0.4) is 0 Å². The van der Waals surface area contributed by atoms with Crippen molar-refractivity contribution in [2.45, 2.75) is 26.7 Å². The number of hydrogen-bond acceptors (Lipinski definition) is 4. The van der Waals surface area contributed by atoms with Gasteiger partial charge in [0.2, 0.25) is 5.91 Å². The summed E-state index contributed by atoms with van der Waals surface area (Å²) in [4.78, 5) is 40.6. The molecule has 4 amide bonds. The molecule has 2 aliphatic rings. The largest absolute Gasteiger partial charge is 0.372 e. The molecule has 0 unspecified atom stereocenters. The monoisotopic (exact) mass is 418 g/mol. The summed E-state index contributed by atoms with van der Waals surface area (Å²) in [5.74, 6) is -0.938. The molecule has 160 valence electrons. The van der Waals surface area contributed by atoms with Crippen LogP contribution in [-0.2, 0) is 9.59 Å². The SMILES string of the molecule is Cc1ccc(NC(=O)CN2C(=O)N/C(=C\c3ccc(N4CCCC4)cc3C)C2=O)cc1. The van der Waals surface area contributed by atoms with E-state index in [0.717, 1.165) is 34.7 Å². The van der Waals surface area contributed by atoms with Gasteiger partial charge in [0.15, 0.2) is 0 Å². The van der Waals surface area contributed by atoms with Gasteiger partial charge in [-0.2, -0.15) is 0 Å². The number of anilines is 2. The molecule has 2 aromatic carbocycles. The summed E-state index contributed by atoms with van der Waals surface area (Å²) in [6, 6.07) is 12.8. The van der Waals surface area contributed by atoms with Gasteiger partial charge in [-0.15, -0.1) is 0 Å². The summed E-state index contributed by atoms with van der Waals surface area (Å²) in [5.41, 5.74) is 4.92. The predicted octanol–water partition coefficient (Wildman–Crippen LogP) is 3.44. The van der Waals surface area contributed by atoms with Crippen molar-refractivity contribution in [2.24, 2.45) is 0 Å². The highest BCUT2D eigenvalue weighted by Crippen LogP contribution is 2.25. The number of imide groups is 1. The van der Waals surface area contributed by atoms with E-state index in [9.17, 15) is 14.4 Å². The van der Waals surface area contributed by atoms with E-state index in [-0.39, 0.29) is 12.2 Å². The first-order chi connectivity index (χ1) is 14.9. The first kappa shape index (κ1) is 20.7. The van der Waals surface area contributed by atoms with E-state index < -0.39 is 17.8 Å². The summed E-state index contributed by atoms with van der Waals surface area (Å²) < 4.78 is 0. The number of carbonyl (C=O) groups excluding carboxylic acids is 3. The van der Waals surface area contributed by atoms with Gasteiger partial charge >= 0.3 is 6.03 Å². The third kappa shape index (κ3) is 4.60. The maximum atomic E-state index is 12.7. The smallest absolute Gasteiger partial charge is 0.329 e. The van der Waals surface area contributed by atoms with Crippen molar-refractivity contribution < 1.29 is 14.4 Å². The Balaban J connectivity index is 1.44. The number of benzene rings is 2. The standard InChI is InChI=1S/C24H26N4O3/c1-16-5-8-19(9-6-16)25-22(29)15-28-23(30)21(26-24(28)31)14-18-7-10-20(13-17(18)2)27-11-3-4-12-27/h5-10,13-14H,3-4,11-12,15H2,1-2H3,(H,25,29)(H,26,31)/b21-14-. The zero-order valence-corrected chi connectivity index (χ0v) is 17.8. The first-order valence-corrected chi connectivity index (χ1v) is 10.5. The van der Waals surface area contributed by atoms with Crippen LogP contribution in [0, 0.1) is 13.8 Å². The van der Waals surface area contributed by atoms with Crippen LogP contribution >= 0.6 is 0 Å². The van der Waals surface area contributed by atoms with Crippen molar-refractivity contribution in [3.05, 3.63) is 64.9 Å². The van der Waals surface area contributed by atoms with Crippen LogP contribution in [0.15, 0.2) is 48.2 Å². The van der Waals surface area contributed by atoms with Gasteiger partial charge in [0.1, 0.15) is 12.2 Å². The third-order valence-electron chi connectivity index (χ3n) is 5.62. The van der Waals surface area contributed by atoms with Crippen molar-refractivity contribution in [1.29, 1.82) is 0 Å². The molecule has 0 bridgehead atoms. The molecule has 0 saturated carbocycles. The lowest BCUT2D eigenvalue weighted by atomic mass is 10.1. The topological polar surface area (TPSA) is 81.8 Å². The zero-order valence-electron chi connectivity index (χ0n) is 17.8. The Morgan fingerprint density at radius 2 is 1.77 bits per heavy atom. The van der Waals surface area contributed by atoms with Crippen LogP contribution in [0.25, 0.3) is 6.08 Å². The molecule has 31 heavy (non-hydrogen) atoms. The number of nitrogens with one attached hydrogen (secondary N) is 2. The van der Waals surface area contributed by atoms with E-state index in [1.165, 1.54) is 18.5 Å². The summed E-state index contributed by atoms with van der Waals surface area (Å²) >= 11 is 0. The highest BCUT2D eigenvalue weighted by atomic mass is 16.2. The average molecular weight is 418 g/mol. The van der Waals surface area contributed by atoms with Crippen LogP contribution in [0.4, 0.5) is 16.2 Å². The van der Waals surface area contributed by atoms with E-state index in [2.05, 4.69) is 21.6 Å². The Morgan fingerprint density at radius 3 is 2.45 bits per heavy atom. The molecule has 0 spiro atoms. The van der Waals surface area contributed by atoms with Crippen molar-refractivity contribution in [3.8, 4) is 0 Å². The maximum Gasteiger partial charge on any atom is 0.329 e. The van der Waals surface area contributed by atoms with Crippen LogP contribution < -0.4 is 15.5 Å². The van der Waals surface area contributed by atoms with Gasteiger partial charge in [-0.1, -0.05) is 23.8 Å². The van der Waals surface area contributed by atoms with Crippen LogP contribution in [0.1, 0.15) is 29.5 Å². The lowest BCUT2D eigenvalue weighted by Crippen LogP contribution is -2.38. The molecule has 2 N–H and O–H groups in total. The highest BCUT2D eigenvalue weighted by Gasteiger charge is 2.35. The van der Waals surface area contributed by atoms with Gasteiger partial charge in [0.05, 0.1) is 0 Å². The van der Waals surface area contributed by atoms with Crippen LogP contribution in [0.2, 0.25) is 0 Å². The molecule has 0 aliphatic carbocycles. The number of carbonyl (C=O) groups is 3. The van der Waals surface area contributed by atoms with Crippen molar-refractivity contribution in [1.82, 2.24) is 10.2 Å². The molecule has 2 heterocycles. The normalized spacial score (nSPS) is 17.4. The van der Waals surface area contributed by atoms with Crippen molar-refractivity contribution in [3.63, 3.8) is 0 Å². The van der Waals surface area contributed by atoms with E-state index in [4.69, 9.17) is 0 Å². The Hall–Kier alpha value is -3.61. The van der Waals surface area contributed by atoms with Crippen LogP contribution in [0.5, 0.6) is 0 Å². The van der Waals surface area contributed by atoms with Gasteiger partial charge < -0.3 is 15.5 Å². The molecule has 4 rings (SSSR count). The average Bonchev–Trinajstić information content (AvgIpc) is 3.36. The molecule has 0 atom stereocenters. The number of nitrogens with zero attached hydrogens (tertiary/aromatic N) is 2. The van der Waals surface area contributed by atoms with E-state index in [1.807, 2.05) is 38.1 Å². The molecule has 2 aromatic rings. The molecule has 7 heteroatoms. The van der Waals surface area contributed by atoms with Gasteiger partial charge in [0.25, 0.3) is 5.91 Å². The first-order valence-electron chi connectivity index (χ1n) is 10.5. The second kappa shape index (κ2) is 8.63. The number of amides is 4. The summed E-state index contributed by atoms with van der Waals surface area (Å²) in [7, 11) is 0. The molecule has 7 nitrogen and oxygen atoms in total. The minimum absolute atomic E-state index is 0.171. The zero-order chi connectivity index (χ0) is 22.0. The fourth-order valence-electron chi connectivity index (χ4n) is 3.85. The van der Waals surface area contributed by atoms with Crippen LogP contribution in [-0.4, -0.2) is 42.4 Å². The van der Waals surface area contributed by atoms with Gasteiger partial charge in [-0.05, 0) is 68.2 Å². The van der Waals surface area contributed by atoms with Crippen molar-refractivity contribution >= 4 is 35.3 Å². The predicted molar refractivity (Wildman–Crippen MR) is 121 cm³/mol. The minimum atomic E-state index is -0.596. The number of aryl methyl sites for hydroxylation is 2. The summed E-state index contributed by atoms with van der Waals surface area (Å²) in [5, 5.41) is 5.29. The van der Waals surface area contributed by atoms with Gasteiger partial charge in [-0.25, -0.2) is 9.69 Å². The second-order valence-electron chi connectivity index (χ2n) is 8.03. The molecule has 2 aliphatic heterocycles. The molecule has 2 fully saturated rings. The van der Waals surface area contributed by atoms with E-state index >= 15 is 0 Å². The van der Waals surface area contributed by atoms with Gasteiger partial charge in [0, 0.05) is 24.5 Å². The lowest BCUT2D eigenvalue weighted by Gasteiger charge is -2.18. The fraction of sp³-hybridized carbons (Fsp3) is 0.292. The molecular formula is C24H26N4O3. The third-order valence-corrected chi connectivity index (χ3v) is 5.62. The van der Waals surface area contributed by atoms with Crippen molar-refractivity contribution in [2.75, 3.05) is 29.9 Å². The minimum Gasteiger partial charge on any atom is -0.372 e. The number of urea groups is 1. The number of rotatable bonds is 5. The highest BCUT2D eigenvalue weighted by molar-refractivity contribution is 6.16. The lowest BCUT2D eigenvalue weighted by molar-refractivity contribution is -0.127. The Labute approximate surface area is 181 Å².